The van der Waals surface area contributed by atoms with Crippen LogP contribution in [-0.4, -0.2) is 35.6 Å². The fraction of sp³-hybridized carbons (Fsp3) is 0.133. The van der Waals surface area contributed by atoms with Gasteiger partial charge in [0.2, 0.25) is 0 Å². The molecule has 0 heterocycles. The molecule has 0 unspecified atom stereocenters. The number of anilines is 1. The lowest BCUT2D eigenvalue weighted by Crippen LogP contribution is -2.29. The van der Waals surface area contributed by atoms with Crippen LogP contribution in [-0.2, 0) is 29.5 Å². The highest BCUT2D eigenvalue weighted by molar-refractivity contribution is 7.90. The van der Waals surface area contributed by atoms with Crippen LogP contribution < -0.4 is 10.2 Å². The molecule has 0 saturated carbocycles. The van der Waals surface area contributed by atoms with E-state index in [1.807, 2.05) is 0 Å². The van der Waals surface area contributed by atoms with Crippen LogP contribution in [0.25, 0.3) is 0 Å². The van der Waals surface area contributed by atoms with Crippen LogP contribution in [0.3, 0.4) is 0 Å². The molecule has 2 aromatic rings. The first-order valence-electron chi connectivity index (χ1n) is 7.07. The summed E-state index contributed by atoms with van der Waals surface area (Å²) in [6, 6.07) is 9.56. The van der Waals surface area contributed by atoms with Crippen molar-refractivity contribution >= 4 is 31.5 Å². The average molecular weight is 402 g/mol. The van der Waals surface area contributed by atoms with Gasteiger partial charge in [0, 0.05) is 11.9 Å². The van der Waals surface area contributed by atoms with Crippen LogP contribution in [0.1, 0.15) is 0 Å². The summed E-state index contributed by atoms with van der Waals surface area (Å²) in [6.07, 6.45) is 1.03. The molecule has 0 radical (unpaired) electrons. The third-order valence-electron chi connectivity index (χ3n) is 3.04. The van der Waals surface area contributed by atoms with Gasteiger partial charge in [0.15, 0.2) is 9.84 Å². The zero-order chi connectivity index (χ0) is 19.4. The van der Waals surface area contributed by atoms with Crippen LogP contribution in [0.2, 0.25) is 0 Å². The van der Waals surface area contributed by atoms with Crippen molar-refractivity contribution in [3.63, 3.8) is 0 Å². The standard InChI is InChI=1S/C15H15FN2O6S2/c1-25(20,21)14-4-2-3-12(9-14)17-15(19)10-24-18-26(22,23)13-7-5-11(16)6-8-13/h2-9,18H,10H2,1H3,(H,17,19). The van der Waals surface area contributed by atoms with Gasteiger partial charge in [-0.15, -0.1) is 0 Å². The number of hydrogen-bond acceptors (Lipinski definition) is 6. The number of sulfone groups is 1. The molecule has 0 aliphatic rings. The number of carbonyl (C=O) groups is 1. The Morgan fingerprint density at radius 1 is 1.04 bits per heavy atom. The summed E-state index contributed by atoms with van der Waals surface area (Å²) >= 11 is 0. The fourth-order valence-electron chi connectivity index (χ4n) is 1.84. The molecule has 0 atom stereocenters. The van der Waals surface area contributed by atoms with Gasteiger partial charge in [-0.2, -0.15) is 0 Å². The molecule has 2 N–H and O–H groups in total. The minimum Gasteiger partial charge on any atom is -0.324 e. The molecule has 0 aromatic heterocycles. The first kappa shape index (κ1) is 20.0. The summed E-state index contributed by atoms with van der Waals surface area (Å²) in [4.78, 5) is 17.9. The van der Waals surface area contributed by atoms with Crippen LogP contribution in [0.15, 0.2) is 58.3 Å². The SMILES string of the molecule is CS(=O)(=O)c1cccc(NC(=O)CONS(=O)(=O)c2ccc(F)cc2)c1. The molecular weight excluding hydrogens is 387 g/mol. The third kappa shape index (κ3) is 5.59. The zero-order valence-corrected chi connectivity index (χ0v) is 15.1. The summed E-state index contributed by atoms with van der Waals surface area (Å²) in [7, 11) is -7.50. The topological polar surface area (TPSA) is 119 Å². The third-order valence-corrected chi connectivity index (χ3v) is 5.38. The van der Waals surface area contributed by atoms with E-state index < -0.39 is 38.2 Å². The van der Waals surface area contributed by atoms with Gasteiger partial charge in [0.1, 0.15) is 12.4 Å². The first-order valence-corrected chi connectivity index (χ1v) is 10.4. The second-order valence-corrected chi connectivity index (χ2v) is 8.84. The fourth-order valence-corrected chi connectivity index (χ4v) is 3.31. The molecule has 11 heteroatoms. The summed E-state index contributed by atoms with van der Waals surface area (Å²) in [5.74, 6) is -1.31. The summed E-state index contributed by atoms with van der Waals surface area (Å²) in [5.41, 5.74) is 0.211. The Morgan fingerprint density at radius 3 is 2.31 bits per heavy atom. The maximum Gasteiger partial charge on any atom is 0.262 e. The normalized spacial score (nSPS) is 11.9. The largest absolute Gasteiger partial charge is 0.324 e. The lowest BCUT2D eigenvalue weighted by Gasteiger charge is -2.09. The summed E-state index contributed by atoms with van der Waals surface area (Å²) in [5, 5.41) is 2.38. The zero-order valence-electron chi connectivity index (χ0n) is 13.5. The van der Waals surface area contributed by atoms with E-state index in [1.54, 1.807) is 4.89 Å². The van der Waals surface area contributed by atoms with E-state index in [0.29, 0.717) is 0 Å². The Bertz CT molecular complexity index is 1000. The van der Waals surface area contributed by atoms with E-state index in [9.17, 15) is 26.0 Å². The van der Waals surface area contributed by atoms with Crippen molar-refractivity contribution in [2.45, 2.75) is 9.79 Å². The number of sulfonamides is 1. The van der Waals surface area contributed by atoms with E-state index >= 15 is 0 Å². The Balaban J connectivity index is 1.92. The molecule has 0 aliphatic carbocycles. The minimum absolute atomic E-state index is 0.0215. The monoisotopic (exact) mass is 402 g/mol. The van der Waals surface area contributed by atoms with Gasteiger partial charge < -0.3 is 5.32 Å². The molecule has 0 fully saturated rings. The second-order valence-electron chi connectivity index (χ2n) is 5.18. The Kier molecular flexibility index (Phi) is 6.08. The molecule has 0 bridgehead atoms. The Labute approximate surface area is 149 Å². The number of amides is 1. The number of rotatable bonds is 7. The molecule has 0 saturated heterocycles. The van der Waals surface area contributed by atoms with Crippen molar-refractivity contribution < 1.29 is 30.9 Å². The van der Waals surface area contributed by atoms with Gasteiger partial charge in [-0.25, -0.2) is 21.2 Å². The molecular formula is C15H15FN2O6S2. The van der Waals surface area contributed by atoms with Crippen molar-refractivity contribution in [1.29, 1.82) is 0 Å². The Hall–Kier alpha value is -2.34. The molecule has 0 aliphatic heterocycles. The lowest BCUT2D eigenvalue weighted by molar-refractivity contribution is -0.121. The van der Waals surface area contributed by atoms with Gasteiger partial charge >= 0.3 is 0 Å². The molecule has 26 heavy (non-hydrogen) atoms. The highest BCUT2D eigenvalue weighted by atomic mass is 32.2. The molecule has 2 rings (SSSR count). The number of nitrogens with one attached hydrogen (secondary N) is 2. The van der Waals surface area contributed by atoms with Gasteiger partial charge in [0.05, 0.1) is 9.79 Å². The first-order chi connectivity index (χ1) is 12.1. The number of carbonyl (C=O) groups excluding carboxylic acids is 1. The molecule has 0 spiro atoms. The van der Waals surface area contributed by atoms with E-state index in [1.165, 1.54) is 24.3 Å². The van der Waals surface area contributed by atoms with Gasteiger partial charge in [-0.05, 0) is 42.5 Å². The van der Waals surface area contributed by atoms with Crippen molar-refractivity contribution in [1.82, 2.24) is 4.89 Å². The summed E-state index contributed by atoms with van der Waals surface area (Å²) in [6.45, 7) is -0.663. The van der Waals surface area contributed by atoms with Crippen LogP contribution in [0, 0.1) is 5.82 Å². The maximum atomic E-state index is 12.8. The van der Waals surface area contributed by atoms with E-state index in [2.05, 4.69) is 10.2 Å². The van der Waals surface area contributed by atoms with Crippen LogP contribution in [0.5, 0.6) is 0 Å². The lowest BCUT2D eigenvalue weighted by atomic mass is 10.3. The van der Waals surface area contributed by atoms with Crippen molar-refractivity contribution in [3.8, 4) is 0 Å². The van der Waals surface area contributed by atoms with E-state index in [-0.39, 0.29) is 15.5 Å². The van der Waals surface area contributed by atoms with Crippen LogP contribution in [0.4, 0.5) is 10.1 Å². The number of hydrogen-bond donors (Lipinski definition) is 2. The molecule has 140 valence electrons. The highest BCUT2D eigenvalue weighted by Gasteiger charge is 2.15. The van der Waals surface area contributed by atoms with Gasteiger partial charge in [-0.1, -0.05) is 11.0 Å². The van der Waals surface area contributed by atoms with Crippen molar-refractivity contribution in [3.05, 3.63) is 54.3 Å². The van der Waals surface area contributed by atoms with Crippen molar-refractivity contribution in [2.75, 3.05) is 18.2 Å². The molecule has 2 aromatic carbocycles. The average Bonchev–Trinajstić information content (AvgIpc) is 2.54. The molecule has 8 nitrogen and oxygen atoms in total. The van der Waals surface area contributed by atoms with Gasteiger partial charge in [0.25, 0.3) is 15.9 Å². The van der Waals surface area contributed by atoms with E-state index in [4.69, 9.17) is 0 Å². The number of halogens is 1. The second kappa shape index (κ2) is 7.91. The van der Waals surface area contributed by atoms with E-state index in [0.717, 1.165) is 30.5 Å². The smallest absolute Gasteiger partial charge is 0.262 e. The minimum atomic E-state index is -4.07. The maximum absolute atomic E-state index is 12.8. The predicted octanol–water partition coefficient (Wildman–Crippen LogP) is 1.08. The van der Waals surface area contributed by atoms with Crippen LogP contribution >= 0.6 is 0 Å². The van der Waals surface area contributed by atoms with Crippen molar-refractivity contribution in [2.24, 2.45) is 0 Å². The predicted molar refractivity (Wildman–Crippen MR) is 90.9 cm³/mol. The quantitative estimate of drug-likeness (QED) is 0.669. The Morgan fingerprint density at radius 2 is 1.69 bits per heavy atom. The summed E-state index contributed by atoms with van der Waals surface area (Å²) < 4.78 is 59.5. The highest BCUT2D eigenvalue weighted by Crippen LogP contribution is 2.15. The number of benzene rings is 2. The van der Waals surface area contributed by atoms with Gasteiger partial charge in [-0.3, -0.25) is 9.63 Å². The molecule has 1 amide bonds.